The third kappa shape index (κ3) is 2.66. The quantitative estimate of drug-likeness (QED) is 0.802. The van der Waals surface area contributed by atoms with Gasteiger partial charge in [0.15, 0.2) is 0 Å². The Morgan fingerprint density at radius 3 is 2.88 bits per heavy atom. The molecule has 1 aromatic rings. The van der Waals surface area contributed by atoms with E-state index in [1.807, 2.05) is 12.3 Å². The van der Waals surface area contributed by atoms with Crippen LogP contribution in [-0.4, -0.2) is 16.9 Å². The minimum atomic E-state index is -0.543. The van der Waals surface area contributed by atoms with Crippen LogP contribution >= 0.6 is 23.6 Å². The molecule has 1 saturated carbocycles. The Labute approximate surface area is 110 Å². The highest BCUT2D eigenvalue weighted by Gasteiger charge is 2.52. The molecule has 1 heterocycles. The second-order valence-corrected chi connectivity index (χ2v) is 5.88. The fourth-order valence-corrected chi connectivity index (χ4v) is 2.86. The fraction of sp³-hybridized carbons (Fsp3) is 0.500. The summed E-state index contributed by atoms with van der Waals surface area (Å²) in [6, 6.07) is 2.19. The highest BCUT2D eigenvalue weighted by atomic mass is 32.1. The number of thiophene rings is 1. The molecule has 0 saturated heterocycles. The lowest BCUT2D eigenvalue weighted by molar-refractivity contribution is -0.124. The topological polar surface area (TPSA) is 55.1 Å². The van der Waals surface area contributed by atoms with Gasteiger partial charge in [-0.25, -0.2) is 0 Å². The smallest absolute Gasteiger partial charge is 0.233 e. The molecule has 1 aliphatic carbocycles. The average molecular weight is 268 g/mol. The Morgan fingerprint density at radius 2 is 2.41 bits per heavy atom. The predicted octanol–water partition coefficient (Wildman–Crippen LogP) is 1.86. The van der Waals surface area contributed by atoms with Crippen LogP contribution in [0.15, 0.2) is 16.8 Å². The predicted molar refractivity (Wildman–Crippen MR) is 74.1 cm³/mol. The number of rotatable bonds is 5. The van der Waals surface area contributed by atoms with Crippen molar-refractivity contribution in [3.8, 4) is 0 Å². The third-order valence-corrected chi connectivity index (χ3v) is 4.28. The van der Waals surface area contributed by atoms with Gasteiger partial charge in [0.25, 0.3) is 0 Å². The van der Waals surface area contributed by atoms with Gasteiger partial charge in [-0.2, -0.15) is 11.3 Å². The molecule has 1 unspecified atom stereocenters. The second kappa shape index (κ2) is 4.74. The Morgan fingerprint density at radius 1 is 1.71 bits per heavy atom. The summed E-state index contributed by atoms with van der Waals surface area (Å²) in [6.07, 6.45) is 2.43. The molecule has 0 bridgehead atoms. The van der Waals surface area contributed by atoms with Crippen molar-refractivity contribution in [1.82, 2.24) is 5.32 Å². The molecule has 1 aromatic heterocycles. The number of amides is 1. The van der Waals surface area contributed by atoms with Crippen molar-refractivity contribution in [2.45, 2.75) is 32.2 Å². The van der Waals surface area contributed by atoms with Gasteiger partial charge in [-0.1, -0.05) is 12.2 Å². The molecule has 0 spiro atoms. The maximum Gasteiger partial charge on any atom is 0.233 e. The molecule has 1 atom stereocenters. The van der Waals surface area contributed by atoms with Crippen molar-refractivity contribution < 1.29 is 4.79 Å². The van der Waals surface area contributed by atoms with Crippen molar-refractivity contribution in [2.24, 2.45) is 11.1 Å². The molecule has 0 radical (unpaired) electrons. The van der Waals surface area contributed by atoms with E-state index < -0.39 is 5.41 Å². The summed E-state index contributed by atoms with van der Waals surface area (Å²) in [5.41, 5.74) is 6.33. The molecular weight excluding hydrogens is 252 g/mol. The van der Waals surface area contributed by atoms with Crippen molar-refractivity contribution >= 4 is 34.5 Å². The number of carbonyl (C=O) groups excluding carboxylic acids is 1. The molecule has 92 valence electrons. The van der Waals surface area contributed by atoms with E-state index in [9.17, 15) is 4.79 Å². The van der Waals surface area contributed by atoms with Crippen LogP contribution in [0.2, 0.25) is 0 Å². The van der Waals surface area contributed by atoms with E-state index in [4.69, 9.17) is 18.0 Å². The molecule has 1 aliphatic rings. The summed E-state index contributed by atoms with van der Waals surface area (Å²) in [4.78, 5) is 12.4. The Kier molecular flexibility index (Phi) is 3.49. The zero-order valence-electron chi connectivity index (χ0n) is 9.73. The van der Waals surface area contributed by atoms with Crippen molar-refractivity contribution in [3.05, 3.63) is 22.4 Å². The van der Waals surface area contributed by atoms with E-state index in [0.29, 0.717) is 4.99 Å². The van der Waals surface area contributed by atoms with Gasteiger partial charge in [0.2, 0.25) is 5.91 Å². The van der Waals surface area contributed by atoms with Crippen LogP contribution in [0.1, 0.15) is 25.3 Å². The first-order valence-electron chi connectivity index (χ1n) is 5.66. The van der Waals surface area contributed by atoms with Crippen molar-refractivity contribution in [3.63, 3.8) is 0 Å². The SMILES string of the molecule is CC(Cc1ccsc1)NC(=O)C1(C(N)=S)CC1. The van der Waals surface area contributed by atoms with Crippen LogP contribution < -0.4 is 11.1 Å². The average Bonchev–Trinajstić information content (AvgIpc) is 2.93. The lowest BCUT2D eigenvalue weighted by Gasteiger charge is -2.18. The Hall–Kier alpha value is -0.940. The van der Waals surface area contributed by atoms with Gasteiger partial charge in [0.05, 0.1) is 10.4 Å². The summed E-state index contributed by atoms with van der Waals surface area (Å²) < 4.78 is 0. The van der Waals surface area contributed by atoms with Gasteiger partial charge in [-0.3, -0.25) is 4.79 Å². The van der Waals surface area contributed by atoms with Crippen LogP contribution in [-0.2, 0) is 11.2 Å². The third-order valence-electron chi connectivity index (χ3n) is 3.16. The monoisotopic (exact) mass is 268 g/mol. The molecule has 2 rings (SSSR count). The molecule has 5 heteroatoms. The number of nitrogens with one attached hydrogen (secondary N) is 1. The minimum Gasteiger partial charge on any atom is -0.392 e. The molecule has 0 aromatic carbocycles. The van der Waals surface area contributed by atoms with Gasteiger partial charge in [-0.05, 0) is 48.6 Å². The van der Waals surface area contributed by atoms with E-state index in [1.54, 1.807) is 11.3 Å². The number of nitrogens with two attached hydrogens (primary N) is 1. The highest BCUT2D eigenvalue weighted by Crippen LogP contribution is 2.46. The Bertz CT molecular complexity index is 424. The summed E-state index contributed by atoms with van der Waals surface area (Å²) in [7, 11) is 0. The largest absolute Gasteiger partial charge is 0.392 e. The number of hydrogen-bond acceptors (Lipinski definition) is 3. The number of hydrogen-bond donors (Lipinski definition) is 2. The summed E-state index contributed by atoms with van der Waals surface area (Å²) in [5.74, 6) is -0.00673. The molecule has 3 nitrogen and oxygen atoms in total. The van der Waals surface area contributed by atoms with Gasteiger partial charge in [0.1, 0.15) is 0 Å². The summed E-state index contributed by atoms with van der Waals surface area (Å²) >= 11 is 6.63. The summed E-state index contributed by atoms with van der Waals surface area (Å²) in [5, 5.41) is 7.14. The van der Waals surface area contributed by atoms with E-state index >= 15 is 0 Å². The standard InChI is InChI=1S/C12H16N2OS2/c1-8(6-9-2-5-17-7-9)14-11(15)12(3-4-12)10(13)16/h2,5,7-8H,3-4,6H2,1H3,(H2,13,16)(H,14,15). The molecule has 1 amide bonds. The van der Waals surface area contributed by atoms with Crippen LogP contribution in [0.5, 0.6) is 0 Å². The fourth-order valence-electron chi connectivity index (χ4n) is 1.89. The van der Waals surface area contributed by atoms with Gasteiger partial charge in [-0.15, -0.1) is 0 Å². The van der Waals surface area contributed by atoms with E-state index in [1.165, 1.54) is 5.56 Å². The first-order chi connectivity index (χ1) is 8.04. The van der Waals surface area contributed by atoms with Gasteiger partial charge < -0.3 is 11.1 Å². The molecule has 1 fully saturated rings. The lowest BCUT2D eigenvalue weighted by Crippen LogP contribution is -2.44. The van der Waals surface area contributed by atoms with Crippen molar-refractivity contribution in [1.29, 1.82) is 0 Å². The first kappa shape index (κ1) is 12.5. The zero-order valence-corrected chi connectivity index (χ0v) is 11.4. The number of thiocarbonyl (C=S) groups is 1. The zero-order chi connectivity index (χ0) is 12.5. The normalized spacial score (nSPS) is 18.4. The van der Waals surface area contributed by atoms with Crippen LogP contribution in [0.25, 0.3) is 0 Å². The van der Waals surface area contributed by atoms with Gasteiger partial charge >= 0.3 is 0 Å². The molecule has 3 N–H and O–H groups in total. The molecule has 17 heavy (non-hydrogen) atoms. The Balaban J connectivity index is 1.89. The molecular formula is C12H16N2OS2. The maximum atomic E-state index is 12.0. The number of carbonyl (C=O) groups is 1. The van der Waals surface area contributed by atoms with Crippen molar-refractivity contribution in [2.75, 3.05) is 0 Å². The van der Waals surface area contributed by atoms with Gasteiger partial charge in [0, 0.05) is 6.04 Å². The van der Waals surface area contributed by atoms with E-state index in [2.05, 4.69) is 16.8 Å². The van der Waals surface area contributed by atoms with Crippen LogP contribution in [0, 0.1) is 5.41 Å². The van der Waals surface area contributed by atoms with Crippen LogP contribution in [0.3, 0.4) is 0 Å². The first-order valence-corrected chi connectivity index (χ1v) is 7.02. The van der Waals surface area contributed by atoms with Crippen LogP contribution in [0.4, 0.5) is 0 Å². The van der Waals surface area contributed by atoms with E-state index in [0.717, 1.165) is 19.3 Å². The summed E-state index contributed by atoms with van der Waals surface area (Å²) in [6.45, 7) is 2.01. The molecule has 0 aliphatic heterocycles. The minimum absolute atomic E-state index is 0.00673. The highest BCUT2D eigenvalue weighted by molar-refractivity contribution is 7.80. The second-order valence-electron chi connectivity index (χ2n) is 4.66. The van der Waals surface area contributed by atoms with E-state index in [-0.39, 0.29) is 11.9 Å². The maximum absolute atomic E-state index is 12.0. The lowest BCUT2D eigenvalue weighted by atomic mass is 10.0.